The summed E-state index contributed by atoms with van der Waals surface area (Å²) in [5.74, 6) is 7.50. The summed E-state index contributed by atoms with van der Waals surface area (Å²) in [6.45, 7) is 8.47. The number of ether oxygens (including phenoxy) is 1. The number of hydrogen-bond acceptors (Lipinski definition) is 5. The second kappa shape index (κ2) is 10.1. The monoisotopic (exact) mass is 517 g/mol. The minimum Gasteiger partial charge on any atom is -0.395 e. The van der Waals surface area contributed by atoms with Gasteiger partial charge in [0.25, 0.3) is 0 Å². The highest BCUT2D eigenvalue weighted by molar-refractivity contribution is 5.87. The lowest BCUT2D eigenvalue weighted by atomic mass is 9.44. The highest BCUT2D eigenvalue weighted by Gasteiger charge is 2.62. The van der Waals surface area contributed by atoms with Gasteiger partial charge in [0.2, 0.25) is 0 Å². The molecule has 7 heteroatoms. The van der Waals surface area contributed by atoms with Crippen LogP contribution in [0.5, 0.6) is 0 Å². The van der Waals surface area contributed by atoms with Crippen LogP contribution in [0.4, 0.5) is 20.2 Å². The number of halogens is 2. The second-order valence-electron chi connectivity index (χ2n) is 13.0. The van der Waals surface area contributed by atoms with E-state index in [0.29, 0.717) is 23.2 Å². The van der Waals surface area contributed by atoms with Crippen LogP contribution in [0.1, 0.15) is 78.6 Å². The third kappa shape index (κ3) is 4.38. The van der Waals surface area contributed by atoms with Crippen molar-refractivity contribution >= 4 is 17.2 Å². The summed E-state index contributed by atoms with van der Waals surface area (Å²) in [7, 11) is 0. The molecule has 4 aliphatic rings. The molecule has 8 atom stereocenters. The summed E-state index contributed by atoms with van der Waals surface area (Å²) >= 11 is 0. The van der Waals surface area contributed by atoms with Gasteiger partial charge in [0, 0.05) is 12.5 Å². The summed E-state index contributed by atoms with van der Waals surface area (Å²) in [6.07, 6.45) is 10.7. The van der Waals surface area contributed by atoms with Crippen LogP contribution in [0, 0.1) is 58.0 Å². The Morgan fingerprint density at radius 2 is 1.89 bits per heavy atom. The quantitative estimate of drug-likeness (QED) is 0.259. The lowest BCUT2D eigenvalue weighted by Crippen LogP contribution is -2.57. The third-order valence-corrected chi connectivity index (χ3v) is 11.3. The van der Waals surface area contributed by atoms with Gasteiger partial charge in [-0.2, -0.15) is 0 Å². The number of nitrogens with zero attached hydrogens (tertiary/aromatic N) is 1. The molecule has 0 spiro atoms. The van der Waals surface area contributed by atoms with Crippen LogP contribution < -0.4 is 16.6 Å². The lowest BCUT2D eigenvalue weighted by molar-refractivity contribution is -0.157. The van der Waals surface area contributed by atoms with E-state index in [0.717, 1.165) is 50.4 Å². The van der Waals surface area contributed by atoms with Crippen LogP contribution in [-0.4, -0.2) is 25.5 Å². The maximum atomic E-state index is 14.0. The van der Waals surface area contributed by atoms with Gasteiger partial charge in [-0.05, 0) is 111 Å². The van der Waals surface area contributed by atoms with Gasteiger partial charge in [0.1, 0.15) is 0 Å². The fourth-order valence-corrected chi connectivity index (χ4v) is 9.54. The van der Waals surface area contributed by atoms with Crippen LogP contribution in [0.25, 0.3) is 0 Å². The Hall–Kier alpha value is -1.73. The number of nitrogens with two attached hydrogens (primary N) is 2. The van der Waals surface area contributed by atoms with E-state index in [1.165, 1.54) is 49.6 Å². The Labute approximate surface area is 220 Å². The molecule has 0 radical (unpaired) electrons. The number of carbonyl (C=O) groups excluding carboxylic acids is 1. The first-order chi connectivity index (χ1) is 17.6. The van der Waals surface area contributed by atoms with Crippen LogP contribution in [0.3, 0.4) is 0 Å². The Morgan fingerprint density at radius 1 is 1.11 bits per heavy atom. The van der Waals surface area contributed by atoms with Crippen LogP contribution in [0.2, 0.25) is 0 Å². The van der Waals surface area contributed by atoms with Crippen molar-refractivity contribution in [2.45, 2.75) is 78.6 Å². The zero-order valence-corrected chi connectivity index (χ0v) is 22.8. The lowest BCUT2D eigenvalue weighted by Gasteiger charge is -2.62. The number of hydrazine groups is 1. The summed E-state index contributed by atoms with van der Waals surface area (Å²) in [5.41, 5.74) is 5.82. The van der Waals surface area contributed by atoms with Crippen molar-refractivity contribution in [3.63, 3.8) is 0 Å². The zero-order valence-electron chi connectivity index (χ0n) is 22.8. The Balaban J connectivity index is 1.34. The highest BCUT2D eigenvalue weighted by Crippen LogP contribution is 2.68. The predicted octanol–water partition coefficient (Wildman–Crippen LogP) is 6.11. The van der Waals surface area contributed by atoms with Gasteiger partial charge >= 0.3 is 0 Å². The number of benzene rings is 1. The average molecular weight is 518 g/mol. The maximum Gasteiger partial charge on any atom is 0.183 e. The molecule has 8 unspecified atom stereocenters. The van der Waals surface area contributed by atoms with E-state index < -0.39 is 11.6 Å². The molecule has 1 aromatic carbocycles. The Bertz CT molecular complexity index is 1020. The molecule has 0 bridgehead atoms. The number of Topliss-reactive ketones (excluding diaryl/α,β-unsaturated/α-hetero) is 1. The number of carbonyl (C=O) groups is 1. The fourth-order valence-electron chi connectivity index (χ4n) is 9.54. The van der Waals surface area contributed by atoms with Crippen molar-refractivity contribution in [3.05, 3.63) is 23.8 Å². The minimum absolute atomic E-state index is 0.0414. The zero-order chi connectivity index (χ0) is 26.5. The second-order valence-corrected chi connectivity index (χ2v) is 13.0. The topological polar surface area (TPSA) is 81.6 Å². The van der Waals surface area contributed by atoms with Gasteiger partial charge in [-0.15, -0.1) is 0 Å². The van der Waals surface area contributed by atoms with E-state index in [9.17, 15) is 13.6 Å². The molecule has 0 aromatic heterocycles. The van der Waals surface area contributed by atoms with Gasteiger partial charge in [-0.25, -0.2) is 14.6 Å². The number of hydrogen-bond donors (Lipinski definition) is 2. The van der Waals surface area contributed by atoms with E-state index in [1.807, 2.05) is 0 Å². The van der Waals surface area contributed by atoms with Gasteiger partial charge < -0.3 is 15.5 Å². The fraction of sp³-hybridized carbons (Fsp3) is 0.767. The van der Waals surface area contributed by atoms with E-state index in [1.54, 1.807) is 0 Å². The standard InChI is InChI=1S/C30H45F2N3O2/c1-4-37-17-30-14-11-18(2)15-19(30)5-6-20-21-7-8-23(29(21,3)13-12-22(20)30)26(36)16-35(34)25-10-9-24(31)27(32)28(25)33/h9-10,18-23H,4-8,11-17,33-34H2,1-3H3. The van der Waals surface area contributed by atoms with Crippen molar-refractivity contribution in [1.82, 2.24) is 0 Å². The molecule has 5 nitrogen and oxygen atoms in total. The minimum atomic E-state index is -1.12. The molecular formula is C30H45F2N3O2. The smallest absolute Gasteiger partial charge is 0.183 e. The van der Waals surface area contributed by atoms with E-state index in [2.05, 4.69) is 20.8 Å². The van der Waals surface area contributed by atoms with E-state index in [-0.39, 0.29) is 35.0 Å². The Morgan fingerprint density at radius 3 is 2.65 bits per heavy atom. The SMILES string of the molecule is CCOCC12CCC(C)CC1CCC1C3CCC(C(=O)CN(N)c4ccc(F)c(F)c4N)C3(C)CCC12. The van der Waals surface area contributed by atoms with E-state index >= 15 is 0 Å². The molecule has 0 amide bonds. The molecule has 0 heterocycles. The molecule has 5 rings (SSSR count). The first-order valence-electron chi connectivity index (χ1n) is 14.5. The van der Waals surface area contributed by atoms with Crippen molar-refractivity contribution in [2.24, 2.45) is 52.2 Å². The van der Waals surface area contributed by atoms with Crippen LogP contribution in [0.15, 0.2) is 12.1 Å². The van der Waals surface area contributed by atoms with Crippen LogP contribution in [-0.2, 0) is 9.53 Å². The molecule has 4 N–H and O–H groups in total. The highest BCUT2D eigenvalue weighted by atomic mass is 19.2. The Kier molecular flexibility index (Phi) is 7.34. The molecule has 4 fully saturated rings. The number of anilines is 2. The maximum absolute atomic E-state index is 14.0. The van der Waals surface area contributed by atoms with Crippen molar-refractivity contribution < 1.29 is 18.3 Å². The van der Waals surface area contributed by atoms with Crippen molar-refractivity contribution in [3.8, 4) is 0 Å². The van der Waals surface area contributed by atoms with Gasteiger partial charge in [0.05, 0.1) is 24.5 Å². The van der Waals surface area contributed by atoms with Gasteiger partial charge in [-0.3, -0.25) is 4.79 Å². The molecule has 37 heavy (non-hydrogen) atoms. The normalized spacial score (nSPS) is 39.0. The number of rotatable bonds is 7. The molecule has 0 saturated heterocycles. The molecule has 4 aliphatic carbocycles. The molecule has 4 saturated carbocycles. The van der Waals surface area contributed by atoms with Gasteiger partial charge in [0.15, 0.2) is 17.4 Å². The largest absolute Gasteiger partial charge is 0.395 e. The van der Waals surface area contributed by atoms with Crippen LogP contribution >= 0.6 is 0 Å². The molecule has 1 aromatic rings. The van der Waals surface area contributed by atoms with Gasteiger partial charge in [-0.1, -0.05) is 20.3 Å². The number of fused-ring (bicyclic) bond motifs is 5. The first-order valence-corrected chi connectivity index (χ1v) is 14.5. The summed E-state index contributed by atoms with van der Waals surface area (Å²) in [5, 5.41) is 1.19. The summed E-state index contributed by atoms with van der Waals surface area (Å²) < 4.78 is 33.7. The number of nitrogen functional groups attached to an aromatic ring is 1. The average Bonchev–Trinajstić information content (AvgIpc) is 3.23. The van der Waals surface area contributed by atoms with Crippen molar-refractivity contribution in [2.75, 3.05) is 30.5 Å². The summed E-state index contributed by atoms with van der Waals surface area (Å²) in [6, 6.07) is 2.34. The molecular weight excluding hydrogens is 472 g/mol. The van der Waals surface area contributed by atoms with Crippen molar-refractivity contribution in [1.29, 1.82) is 0 Å². The summed E-state index contributed by atoms with van der Waals surface area (Å²) in [4.78, 5) is 13.6. The molecule has 0 aliphatic heterocycles. The molecule has 206 valence electrons. The predicted molar refractivity (Wildman–Crippen MR) is 143 cm³/mol. The van der Waals surface area contributed by atoms with E-state index in [4.69, 9.17) is 16.3 Å². The third-order valence-electron chi connectivity index (χ3n) is 11.3. The number of ketones is 1. The first kappa shape index (κ1) is 26.9.